The minimum atomic E-state index is -0.297. The van der Waals surface area contributed by atoms with Gasteiger partial charge in [0.2, 0.25) is 0 Å². The van der Waals surface area contributed by atoms with Crippen LogP contribution in [0.3, 0.4) is 0 Å². The minimum absolute atomic E-state index is 0.0191. The summed E-state index contributed by atoms with van der Waals surface area (Å²) in [7, 11) is 0. The number of aliphatic hydroxyl groups excluding tert-OH is 2. The lowest BCUT2D eigenvalue weighted by molar-refractivity contribution is 0.216. The van der Waals surface area contributed by atoms with Gasteiger partial charge >= 0.3 is 12.1 Å². The Morgan fingerprint density at radius 1 is 0.900 bits per heavy atom. The predicted octanol–water partition coefficient (Wildman–Crippen LogP) is -1.12. The molecule has 8 nitrogen and oxygen atoms in total. The molecule has 1 fully saturated rings. The zero-order valence-electron chi connectivity index (χ0n) is 11.5. The van der Waals surface area contributed by atoms with E-state index in [2.05, 4.69) is 21.3 Å². The third kappa shape index (κ3) is 6.58. The summed E-state index contributed by atoms with van der Waals surface area (Å²) in [6.07, 6.45) is 3.36. The standard InChI is InChI=1S/C12H24N4O4/c17-6-4-13-11(19)15-9-2-1-3-10(8-9)16-12(20)14-5-7-18/h9-10,17-18H,1-8H2,(H2,13,15,19)(H2,14,16,20). The minimum Gasteiger partial charge on any atom is -0.395 e. The number of hydrogen-bond acceptors (Lipinski definition) is 4. The van der Waals surface area contributed by atoms with Crippen LogP contribution in [0.15, 0.2) is 0 Å². The first kappa shape index (κ1) is 16.5. The first-order valence-corrected chi connectivity index (χ1v) is 6.96. The molecule has 1 rings (SSSR count). The van der Waals surface area contributed by atoms with Crippen LogP contribution >= 0.6 is 0 Å². The van der Waals surface area contributed by atoms with Crippen molar-refractivity contribution in [2.45, 2.75) is 37.8 Å². The van der Waals surface area contributed by atoms with Crippen molar-refractivity contribution in [3.05, 3.63) is 0 Å². The molecule has 0 aromatic rings. The maximum absolute atomic E-state index is 11.5. The van der Waals surface area contributed by atoms with Crippen molar-refractivity contribution in [1.82, 2.24) is 21.3 Å². The van der Waals surface area contributed by atoms with Gasteiger partial charge < -0.3 is 31.5 Å². The maximum atomic E-state index is 11.5. The first-order valence-electron chi connectivity index (χ1n) is 6.96. The van der Waals surface area contributed by atoms with Crippen molar-refractivity contribution in [1.29, 1.82) is 0 Å². The van der Waals surface area contributed by atoms with Crippen molar-refractivity contribution in [3.8, 4) is 0 Å². The van der Waals surface area contributed by atoms with Crippen LogP contribution < -0.4 is 21.3 Å². The molecule has 0 aliphatic heterocycles. The topological polar surface area (TPSA) is 123 Å². The van der Waals surface area contributed by atoms with Crippen molar-refractivity contribution in [2.24, 2.45) is 0 Å². The number of urea groups is 2. The molecule has 2 unspecified atom stereocenters. The summed E-state index contributed by atoms with van der Waals surface area (Å²) in [6.45, 7) is 0.272. The van der Waals surface area contributed by atoms with E-state index in [0.29, 0.717) is 6.42 Å². The van der Waals surface area contributed by atoms with Crippen LogP contribution in [0.25, 0.3) is 0 Å². The largest absolute Gasteiger partial charge is 0.395 e. The Morgan fingerprint density at radius 2 is 1.35 bits per heavy atom. The number of rotatable bonds is 6. The molecule has 1 aliphatic rings. The van der Waals surface area contributed by atoms with Crippen LogP contribution in [-0.2, 0) is 0 Å². The van der Waals surface area contributed by atoms with Crippen LogP contribution in [0, 0.1) is 0 Å². The average molecular weight is 288 g/mol. The van der Waals surface area contributed by atoms with E-state index >= 15 is 0 Å². The lowest BCUT2D eigenvalue weighted by Crippen LogP contribution is -2.50. The third-order valence-corrected chi connectivity index (χ3v) is 3.14. The van der Waals surface area contributed by atoms with E-state index in [1.807, 2.05) is 0 Å². The second-order valence-corrected chi connectivity index (χ2v) is 4.81. The lowest BCUT2D eigenvalue weighted by atomic mass is 9.91. The van der Waals surface area contributed by atoms with E-state index in [9.17, 15) is 9.59 Å². The van der Waals surface area contributed by atoms with Crippen molar-refractivity contribution in [2.75, 3.05) is 26.3 Å². The van der Waals surface area contributed by atoms with Gasteiger partial charge in [0.15, 0.2) is 0 Å². The third-order valence-electron chi connectivity index (χ3n) is 3.14. The molecule has 4 amide bonds. The molecule has 6 N–H and O–H groups in total. The molecule has 0 spiro atoms. The molecule has 0 radical (unpaired) electrons. The van der Waals surface area contributed by atoms with E-state index in [1.165, 1.54) is 0 Å². The Morgan fingerprint density at radius 3 is 1.75 bits per heavy atom. The van der Waals surface area contributed by atoms with Gasteiger partial charge in [0, 0.05) is 25.2 Å². The molecule has 20 heavy (non-hydrogen) atoms. The Balaban J connectivity index is 2.27. The van der Waals surface area contributed by atoms with Crippen LogP contribution in [0.2, 0.25) is 0 Å². The number of carbonyl (C=O) groups is 2. The van der Waals surface area contributed by atoms with E-state index in [4.69, 9.17) is 10.2 Å². The molecule has 2 atom stereocenters. The fourth-order valence-electron chi connectivity index (χ4n) is 2.26. The number of aliphatic hydroxyl groups is 2. The molecule has 0 heterocycles. The number of hydrogen-bond donors (Lipinski definition) is 6. The van der Waals surface area contributed by atoms with Gasteiger partial charge in [0.05, 0.1) is 13.2 Å². The molecule has 1 saturated carbocycles. The van der Waals surface area contributed by atoms with Crippen LogP contribution in [0.1, 0.15) is 25.7 Å². The second kappa shape index (κ2) is 9.38. The molecule has 0 bridgehead atoms. The summed E-state index contributed by atoms with van der Waals surface area (Å²) in [5.74, 6) is 0. The molecular formula is C12H24N4O4. The first-order chi connectivity index (χ1) is 9.65. The van der Waals surface area contributed by atoms with Gasteiger partial charge in [-0.25, -0.2) is 9.59 Å². The summed E-state index contributed by atoms with van der Waals surface area (Å²) in [4.78, 5) is 23.0. The van der Waals surface area contributed by atoms with Crippen LogP contribution in [-0.4, -0.2) is 60.7 Å². The van der Waals surface area contributed by atoms with E-state index in [-0.39, 0.29) is 50.4 Å². The Kier molecular flexibility index (Phi) is 7.74. The number of nitrogens with one attached hydrogen (secondary N) is 4. The van der Waals surface area contributed by atoms with Gasteiger partial charge in [0.1, 0.15) is 0 Å². The van der Waals surface area contributed by atoms with Gasteiger partial charge in [0.25, 0.3) is 0 Å². The fraction of sp³-hybridized carbons (Fsp3) is 0.833. The highest BCUT2D eigenvalue weighted by Gasteiger charge is 2.24. The van der Waals surface area contributed by atoms with Gasteiger partial charge in [-0.05, 0) is 25.7 Å². The van der Waals surface area contributed by atoms with E-state index < -0.39 is 0 Å². The van der Waals surface area contributed by atoms with E-state index in [0.717, 1.165) is 19.3 Å². The van der Waals surface area contributed by atoms with Crippen molar-refractivity contribution < 1.29 is 19.8 Å². The SMILES string of the molecule is O=C(NCCO)NC1CCCC(NC(=O)NCCO)C1. The van der Waals surface area contributed by atoms with Crippen LogP contribution in [0.5, 0.6) is 0 Å². The number of amides is 4. The summed E-state index contributed by atoms with van der Waals surface area (Å²) < 4.78 is 0. The molecule has 1 aliphatic carbocycles. The van der Waals surface area contributed by atoms with Crippen molar-refractivity contribution >= 4 is 12.1 Å². The Labute approximate surface area is 118 Å². The summed E-state index contributed by atoms with van der Waals surface area (Å²) in [5, 5.41) is 28.0. The van der Waals surface area contributed by atoms with Gasteiger partial charge in [-0.15, -0.1) is 0 Å². The molecule has 0 aromatic heterocycles. The quantitative estimate of drug-likeness (QED) is 0.370. The second-order valence-electron chi connectivity index (χ2n) is 4.81. The van der Waals surface area contributed by atoms with Gasteiger partial charge in [-0.1, -0.05) is 0 Å². The zero-order valence-corrected chi connectivity index (χ0v) is 11.5. The monoisotopic (exact) mass is 288 g/mol. The zero-order chi connectivity index (χ0) is 14.8. The predicted molar refractivity (Wildman–Crippen MR) is 73.3 cm³/mol. The normalized spacial score (nSPS) is 21.9. The van der Waals surface area contributed by atoms with Gasteiger partial charge in [-0.3, -0.25) is 0 Å². The highest BCUT2D eigenvalue weighted by atomic mass is 16.3. The van der Waals surface area contributed by atoms with Crippen LogP contribution in [0.4, 0.5) is 9.59 Å². The lowest BCUT2D eigenvalue weighted by Gasteiger charge is -2.30. The smallest absolute Gasteiger partial charge is 0.315 e. The summed E-state index contributed by atoms with van der Waals surface area (Å²) in [6, 6.07) is -0.556. The molecule has 0 saturated heterocycles. The molecule has 116 valence electrons. The average Bonchev–Trinajstić information content (AvgIpc) is 2.43. The molecule has 0 aromatic carbocycles. The fourth-order valence-corrected chi connectivity index (χ4v) is 2.26. The molecule has 8 heteroatoms. The van der Waals surface area contributed by atoms with Crippen molar-refractivity contribution in [3.63, 3.8) is 0 Å². The molecular weight excluding hydrogens is 264 g/mol. The summed E-state index contributed by atoms with van der Waals surface area (Å²) in [5.41, 5.74) is 0. The summed E-state index contributed by atoms with van der Waals surface area (Å²) >= 11 is 0. The maximum Gasteiger partial charge on any atom is 0.315 e. The van der Waals surface area contributed by atoms with E-state index in [1.54, 1.807) is 0 Å². The Bertz CT molecular complexity index is 286. The Hall–Kier alpha value is -1.54. The highest BCUT2D eigenvalue weighted by Crippen LogP contribution is 2.18. The number of carbonyl (C=O) groups excluding carboxylic acids is 2. The highest BCUT2D eigenvalue weighted by molar-refractivity contribution is 5.75. The van der Waals surface area contributed by atoms with Gasteiger partial charge in [-0.2, -0.15) is 0 Å².